The second kappa shape index (κ2) is 6.18. The van der Waals surface area contributed by atoms with E-state index in [0.29, 0.717) is 19.6 Å². The zero-order valence-corrected chi connectivity index (χ0v) is 12.1. The minimum Gasteiger partial charge on any atom is -0.394 e. The molecule has 1 fully saturated rings. The number of morpholine rings is 1. The molecule has 1 saturated heterocycles. The van der Waals surface area contributed by atoms with Gasteiger partial charge in [0, 0.05) is 25.7 Å². The van der Waals surface area contributed by atoms with Crippen molar-refractivity contribution < 1.29 is 14.2 Å². The van der Waals surface area contributed by atoms with Crippen molar-refractivity contribution in [2.24, 2.45) is 5.73 Å². The first-order valence-electron chi connectivity index (χ1n) is 6.93. The number of nitrogens with two attached hydrogens (primary N) is 1. The van der Waals surface area contributed by atoms with E-state index < -0.39 is 0 Å². The number of hydrogen-bond donors (Lipinski definition) is 2. The van der Waals surface area contributed by atoms with Gasteiger partial charge in [-0.3, -0.25) is 4.90 Å². The quantitative estimate of drug-likeness (QED) is 0.874. The van der Waals surface area contributed by atoms with Crippen LogP contribution in [-0.2, 0) is 4.74 Å². The van der Waals surface area contributed by atoms with E-state index in [9.17, 15) is 9.50 Å². The van der Waals surface area contributed by atoms with E-state index in [0.717, 1.165) is 5.56 Å². The summed E-state index contributed by atoms with van der Waals surface area (Å²) < 4.78 is 19.2. The summed E-state index contributed by atoms with van der Waals surface area (Å²) >= 11 is 0. The molecule has 5 heteroatoms. The van der Waals surface area contributed by atoms with E-state index in [1.54, 1.807) is 6.07 Å². The standard InChI is InChI=1S/C15H23FN2O2/c1-15(2)10-18(8-13(9-19)20-15)14(7-17)11-4-3-5-12(16)6-11/h3-6,13-14,19H,7-10,17H2,1-2H3. The van der Waals surface area contributed by atoms with Gasteiger partial charge in [-0.15, -0.1) is 0 Å². The van der Waals surface area contributed by atoms with E-state index in [1.807, 2.05) is 19.9 Å². The summed E-state index contributed by atoms with van der Waals surface area (Å²) in [5, 5.41) is 9.37. The second-order valence-corrected chi connectivity index (χ2v) is 5.92. The fourth-order valence-corrected chi connectivity index (χ4v) is 2.88. The SMILES string of the molecule is CC1(C)CN(C(CN)c2cccc(F)c2)CC(CO)O1. The molecule has 1 aromatic carbocycles. The highest BCUT2D eigenvalue weighted by Gasteiger charge is 2.36. The number of aliphatic hydroxyl groups excluding tert-OH is 1. The van der Waals surface area contributed by atoms with Gasteiger partial charge in [0.15, 0.2) is 0 Å². The van der Waals surface area contributed by atoms with Gasteiger partial charge >= 0.3 is 0 Å². The number of hydrogen-bond acceptors (Lipinski definition) is 4. The van der Waals surface area contributed by atoms with Crippen LogP contribution in [0, 0.1) is 5.82 Å². The van der Waals surface area contributed by atoms with Crippen molar-refractivity contribution in [2.75, 3.05) is 26.2 Å². The van der Waals surface area contributed by atoms with E-state index in [-0.39, 0.29) is 30.2 Å². The van der Waals surface area contributed by atoms with Crippen molar-refractivity contribution >= 4 is 0 Å². The average molecular weight is 282 g/mol. The lowest BCUT2D eigenvalue weighted by molar-refractivity contribution is -0.156. The first-order valence-corrected chi connectivity index (χ1v) is 6.93. The molecule has 2 rings (SSSR count). The summed E-state index contributed by atoms with van der Waals surface area (Å²) in [6.45, 7) is 5.64. The summed E-state index contributed by atoms with van der Waals surface area (Å²) in [6, 6.07) is 6.47. The summed E-state index contributed by atoms with van der Waals surface area (Å²) in [4.78, 5) is 2.17. The van der Waals surface area contributed by atoms with Crippen LogP contribution in [0.15, 0.2) is 24.3 Å². The highest BCUT2D eigenvalue weighted by atomic mass is 19.1. The predicted molar refractivity (Wildman–Crippen MR) is 75.8 cm³/mol. The summed E-state index contributed by atoms with van der Waals surface area (Å²) in [5.41, 5.74) is 6.40. The van der Waals surface area contributed by atoms with Crippen LogP contribution in [0.5, 0.6) is 0 Å². The zero-order valence-electron chi connectivity index (χ0n) is 12.1. The van der Waals surface area contributed by atoms with Gasteiger partial charge < -0.3 is 15.6 Å². The van der Waals surface area contributed by atoms with Crippen molar-refractivity contribution in [1.29, 1.82) is 0 Å². The maximum atomic E-state index is 13.4. The van der Waals surface area contributed by atoms with E-state index >= 15 is 0 Å². The van der Waals surface area contributed by atoms with Crippen LogP contribution in [0.1, 0.15) is 25.5 Å². The van der Waals surface area contributed by atoms with Gasteiger partial charge in [-0.2, -0.15) is 0 Å². The summed E-state index contributed by atoms with van der Waals surface area (Å²) in [5.74, 6) is -0.257. The molecular formula is C15H23FN2O2. The molecule has 2 unspecified atom stereocenters. The van der Waals surface area contributed by atoms with Crippen molar-refractivity contribution in [3.05, 3.63) is 35.6 Å². The summed E-state index contributed by atoms with van der Waals surface area (Å²) in [7, 11) is 0. The van der Waals surface area contributed by atoms with Gasteiger partial charge in [-0.25, -0.2) is 4.39 Å². The third-order valence-corrected chi connectivity index (χ3v) is 3.61. The normalized spacial score (nSPS) is 24.6. The summed E-state index contributed by atoms with van der Waals surface area (Å²) in [6.07, 6.45) is -0.235. The molecule has 0 amide bonds. The Kier molecular flexibility index (Phi) is 4.75. The minimum atomic E-state index is -0.355. The average Bonchev–Trinajstić information content (AvgIpc) is 2.38. The van der Waals surface area contributed by atoms with E-state index in [2.05, 4.69) is 4.90 Å². The van der Waals surface area contributed by atoms with Crippen molar-refractivity contribution in [3.8, 4) is 0 Å². The van der Waals surface area contributed by atoms with Crippen LogP contribution in [0.3, 0.4) is 0 Å². The zero-order chi connectivity index (χ0) is 14.8. The number of halogens is 1. The van der Waals surface area contributed by atoms with E-state index in [4.69, 9.17) is 10.5 Å². The lowest BCUT2D eigenvalue weighted by Gasteiger charge is -2.45. The molecule has 0 aliphatic carbocycles. The van der Waals surface area contributed by atoms with Crippen LogP contribution < -0.4 is 5.73 Å². The maximum Gasteiger partial charge on any atom is 0.123 e. The lowest BCUT2D eigenvalue weighted by Crippen LogP contribution is -2.55. The van der Waals surface area contributed by atoms with Gasteiger partial charge in [-0.1, -0.05) is 12.1 Å². The molecule has 1 aliphatic heterocycles. The fraction of sp³-hybridized carbons (Fsp3) is 0.600. The molecule has 0 spiro atoms. The maximum absolute atomic E-state index is 13.4. The highest BCUT2D eigenvalue weighted by molar-refractivity contribution is 5.21. The lowest BCUT2D eigenvalue weighted by atomic mass is 9.99. The van der Waals surface area contributed by atoms with Crippen molar-refractivity contribution in [1.82, 2.24) is 4.90 Å². The molecule has 0 saturated carbocycles. The number of nitrogens with zero attached hydrogens (tertiary/aromatic N) is 1. The minimum absolute atomic E-state index is 0.0274. The van der Waals surface area contributed by atoms with Crippen LogP contribution in [0.2, 0.25) is 0 Å². The Morgan fingerprint density at radius 1 is 1.55 bits per heavy atom. The molecule has 0 radical (unpaired) electrons. The molecule has 4 nitrogen and oxygen atoms in total. The molecule has 3 N–H and O–H groups in total. The molecule has 0 aromatic heterocycles. The Bertz CT molecular complexity index is 453. The number of rotatable bonds is 4. The third kappa shape index (κ3) is 3.55. The van der Waals surface area contributed by atoms with Crippen LogP contribution in [0.25, 0.3) is 0 Å². The fourth-order valence-electron chi connectivity index (χ4n) is 2.88. The Hall–Kier alpha value is -1.01. The Morgan fingerprint density at radius 3 is 2.90 bits per heavy atom. The molecule has 2 atom stereocenters. The van der Waals surface area contributed by atoms with Gasteiger partial charge in [0.25, 0.3) is 0 Å². The first kappa shape index (κ1) is 15.4. The highest BCUT2D eigenvalue weighted by Crippen LogP contribution is 2.28. The van der Waals surface area contributed by atoms with Crippen LogP contribution in [-0.4, -0.2) is 48.0 Å². The Balaban J connectivity index is 2.22. The van der Waals surface area contributed by atoms with Gasteiger partial charge in [-0.05, 0) is 31.5 Å². The smallest absolute Gasteiger partial charge is 0.123 e. The van der Waals surface area contributed by atoms with E-state index in [1.165, 1.54) is 12.1 Å². The molecule has 112 valence electrons. The predicted octanol–water partition coefficient (Wildman–Crippen LogP) is 1.30. The van der Waals surface area contributed by atoms with Gasteiger partial charge in [0.1, 0.15) is 5.82 Å². The molecule has 1 heterocycles. The molecule has 1 aliphatic rings. The molecule has 20 heavy (non-hydrogen) atoms. The topological polar surface area (TPSA) is 58.7 Å². The first-order chi connectivity index (χ1) is 9.45. The van der Waals surface area contributed by atoms with Crippen LogP contribution in [0.4, 0.5) is 4.39 Å². The Labute approximate surface area is 119 Å². The number of benzene rings is 1. The molecule has 0 bridgehead atoms. The van der Waals surface area contributed by atoms with Crippen molar-refractivity contribution in [3.63, 3.8) is 0 Å². The molecular weight excluding hydrogens is 259 g/mol. The van der Waals surface area contributed by atoms with Gasteiger partial charge in [0.05, 0.1) is 18.3 Å². The Morgan fingerprint density at radius 2 is 2.30 bits per heavy atom. The number of ether oxygens (including phenoxy) is 1. The van der Waals surface area contributed by atoms with Crippen LogP contribution >= 0.6 is 0 Å². The van der Waals surface area contributed by atoms with Crippen molar-refractivity contribution in [2.45, 2.75) is 31.6 Å². The second-order valence-electron chi connectivity index (χ2n) is 5.92. The monoisotopic (exact) mass is 282 g/mol. The molecule has 1 aromatic rings. The number of aliphatic hydroxyl groups is 1. The van der Waals surface area contributed by atoms with Gasteiger partial charge in [0.2, 0.25) is 0 Å². The largest absolute Gasteiger partial charge is 0.394 e. The third-order valence-electron chi connectivity index (χ3n) is 3.61.